The first kappa shape index (κ1) is 16.4. The largest absolute Gasteiger partial charge is 0.466 e. The smallest absolute Gasteiger partial charge is 0.308 e. The van der Waals surface area contributed by atoms with Crippen molar-refractivity contribution in [3.63, 3.8) is 0 Å². The van der Waals surface area contributed by atoms with E-state index in [1.54, 1.807) is 7.11 Å². The number of methoxy groups -OCH3 is 1. The van der Waals surface area contributed by atoms with E-state index in [0.29, 0.717) is 18.9 Å². The molecule has 1 unspecified atom stereocenters. The van der Waals surface area contributed by atoms with Crippen LogP contribution in [-0.2, 0) is 14.3 Å². The van der Waals surface area contributed by atoms with Gasteiger partial charge in [-0.3, -0.25) is 4.79 Å². The van der Waals surface area contributed by atoms with Crippen molar-refractivity contribution in [2.24, 2.45) is 5.92 Å². The van der Waals surface area contributed by atoms with Crippen LogP contribution in [-0.4, -0.2) is 25.8 Å². The highest BCUT2D eigenvalue weighted by Crippen LogP contribution is 2.10. The third kappa shape index (κ3) is 10.3. The number of hydrogen-bond donors (Lipinski definition) is 0. The lowest BCUT2D eigenvalue weighted by atomic mass is 10.1. The van der Waals surface area contributed by atoms with Gasteiger partial charge in [-0.25, -0.2) is 0 Å². The quantitative estimate of drug-likeness (QED) is 0.435. The van der Waals surface area contributed by atoms with Crippen molar-refractivity contribution in [3.8, 4) is 0 Å². The van der Waals surface area contributed by atoms with Crippen LogP contribution in [0.25, 0.3) is 0 Å². The highest BCUT2D eigenvalue weighted by atomic mass is 16.5. The maximum Gasteiger partial charge on any atom is 0.308 e. The molecular weight excluding hydrogens is 216 g/mol. The summed E-state index contributed by atoms with van der Waals surface area (Å²) in [6.45, 7) is 6.94. The molecule has 0 aliphatic rings. The summed E-state index contributed by atoms with van der Waals surface area (Å²) in [5, 5.41) is 0. The summed E-state index contributed by atoms with van der Waals surface area (Å²) in [4.78, 5) is 11.5. The lowest BCUT2D eigenvalue weighted by molar-refractivity contribution is -0.146. The third-order valence-electron chi connectivity index (χ3n) is 2.82. The number of ether oxygens (including phenoxy) is 2. The first-order chi connectivity index (χ1) is 8.10. The fourth-order valence-corrected chi connectivity index (χ4v) is 1.58. The molecule has 0 saturated carbocycles. The van der Waals surface area contributed by atoms with Gasteiger partial charge in [0.2, 0.25) is 0 Å². The molecule has 0 saturated heterocycles. The van der Waals surface area contributed by atoms with Crippen LogP contribution < -0.4 is 0 Å². The Morgan fingerprint density at radius 1 is 1.18 bits per heavy atom. The molecule has 17 heavy (non-hydrogen) atoms. The molecule has 102 valence electrons. The van der Waals surface area contributed by atoms with Crippen molar-refractivity contribution in [3.05, 3.63) is 0 Å². The number of carbonyl (C=O) groups is 1. The van der Waals surface area contributed by atoms with Crippen molar-refractivity contribution in [2.45, 2.75) is 65.4 Å². The molecule has 0 aromatic carbocycles. The molecule has 0 radical (unpaired) electrons. The fraction of sp³-hybridized carbons (Fsp3) is 0.929. The van der Waals surface area contributed by atoms with E-state index >= 15 is 0 Å². The molecule has 0 heterocycles. The molecule has 3 nitrogen and oxygen atoms in total. The van der Waals surface area contributed by atoms with Crippen LogP contribution in [0.1, 0.15) is 59.3 Å². The van der Waals surface area contributed by atoms with Gasteiger partial charge in [-0.1, -0.05) is 40.0 Å². The fourth-order valence-electron chi connectivity index (χ4n) is 1.58. The van der Waals surface area contributed by atoms with Crippen LogP contribution in [0.5, 0.6) is 0 Å². The van der Waals surface area contributed by atoms with Gasteiger partial charge in [0.1, 0.15) is 0 Å². The van der Waals surface area contributed by atoms with E-state index in [2.05, 4.69) is 20.8 Å². The van der Waals surface area contributed by atoms with Crippen molar-refractivity contribution >= 4 is 5.97 Å². The topological polar surface area (TPSA) is 35.5 Å². The van der Waals surface area contributed by atoms with E-state index in [-0.39, 0.29) is 12.1 Å². The monoisotopic (exact) mass is 244 g/mol. The minimum absolute atomic E-state index is 0.0214. The van der Waals surface area contributed by atoms with Crippen LogP contribution >= 0.6 is 0 Å². The maximum atomic E-state index is 11.5. The average molecular weight is 244 g/mol. The Kier molecular flexibility index (Phi) is 10.2. The first-order valence-electron chi connectivity index (χ1n) is 6.78. The van der Waals surface area contributed by atoms with Gasteiger partial charge in [-0.2, -0.15) is 0 Å². The second-order valence-electron chi connectivity index (χ2n) is 4.96. The molecule has 0 aromatic heterocycles. The molecular formula is C14H28O3. The standard InChI is InChI=1S/C14H28O3/c1-5-6-7-8-13(16-4)11-14(15)17-10-9-12(2)3/h12-13H,5-11H2,1-4H3. The summed E-state index contributed by atoms with van der Waals surface area (Å²) in [5.74, 6) is 0.444. The second-order valence-corrected chi connectivity index (χ2v) is 4.96. The summed E-state index contributed by atoms with van der Waals surface area (Å²) in [6, 6.07) is 0. The van der Waals surface area contributed by atoms with Crippen LogP contribution in [0.15, 0.2) is 0 Å². The van der Waals surface area contributed by atoms with Gasteiger partial charge in [0.25, 0.3) is 0 Å². The zero-order valence-electron chi connectivity index (χ0n) is 11.8. The lowest BCUT2D eigenvalue weighted by Gasteiger charge is -2.14. The molecule has 0 aliphatic heterocycles. The molecule has 0 aliphatic carbocycles. The zero-order valence-corrected chi connectivity index (χ0v) is 11.8. The Morgan fingerprint density at radius 3 is 2.41 bits per heavy atom. The van der Waals surface area contributed by atoms with Crippen LogP contribution in [0.2, 0.25) is 0 Å². The number of hydrogen-bond acceptors (Lipinski definition) is 3. The Labute approximate surface area is 106 Å². The van der Waals surface area contributed by atoms with Gasteiger partial charge in [0, 0.05) is 7.11 Å². The van der Waals surface area contributed by atoms with Gasteiger partial charge >= 0.3 is 5.97 Å². The van der Waals surface area contributed by atoms with Crippen LogP contribution in [0.4, 0.5) is 0 Å². The highest BCUT2D eigenvalue weighted by molar-refractivity contribution is 5.69. The first-order valence-corrected chi connectivity index (χ1v) is 6.78. The van der Waals surface area contributed by atoms with E-state index < -0.39 is 0 Å². The molecule has 0 bridgehead atoms. The predicted molar refractivity (Wildman–Crippen MR) is 70.0 cm³/mol. The summed E-state index contributed by atoms with van der Waals surface area (Å²) in [6.07, 6.45) is 5.79. The van der Waals surface area contributed by atoms with Crippen molar-refractivity contribution in [1.29, 1.82) is 0 Å². The Morgan fingerprint density at radius 2 is 1.88 bits per heavy atom. The van der Waals surface area contributed by atoms with E-state index in [4.69, 9.17) is 9.47 Å². The number of unbranched alkanes of at least 4 members (excludes halogenated alkanes) is 2. The highest BCUT2D eigenvalue weighted by Gasteiger charge is 2.13. The van der Waals surface area contributed by atoms with E-state index in [1.807, 2.05) is 0 Å². The van der Waals surface area contributed by atoms with Crippen molar-refractivity contribution < 1.29 is 14.3 Å². The summed E-state index contributed by atoms with van der Waals surface area (Å²) in [7, 11) is 1.66. The minimum Gasteiger partial charge on any atom is -0.466 e. The number of rotatable bonds is 10. The summed E-state index contributed by atoms with van der Waals surface area (Å²) < 4.78 is 10.5. The summed E-state index contributed by atoms with van der Waals surface area (Å²) in [5.41, 5.74) is 0. The maximum absolute atomic E-state index is 11.5. The number of carbonyl (C=O) groups excluding carboxylic acids is 1. The van der Waals surface area contributed by atoms with E-state index in [9.17, 15) is 4.79 Å². The number of esters is 1. The van der Waals surface area contributed by atoms with Crippen LogP contribution in [0, 0.1) is 5.92 Å². The minimum atomic E-state index is -0.131. The molecule has 1 atom stereocenters. The Bertz CT molecular complexity index is 190. The van der Waals surface area contributed by atoms with Gasteiger partial charge in [-0.05, 0) is 18.8 Å². The Balaban J connectivity index is 3.66. The molecule has 0 spiro atoms. The predicted octanol–water partition coefficient (Wildman–Crippen LogP) is 3.56. The van der Waals surface area contributed by atoms with E-state index in [1.165, 1.54) is 12.8 Å². The van der Waals surface area contributed by atoms with Gasteiger partial charge in [0.15, 0.2) is 0 Å². The van der Waals surface area contributed by atoms with Gasteiger partial charge < -0.3 is 9.47 Å². The van der Waals surface area contributed by atoms with Gasteiger partial charge in [0.05, 0.1) is 19.1 Å². The zero-order chi connectivity index (χ0) is 13.1. The molecule has 0 aromatic rings. The normalized spacial score (nSPS) is 12.8. The molecule has 0 amide bonds. The average Bonchev–Trinajstić information content (AvgIpc) is 2.27. The van der Waals surface area contributed by atoms with Crippen LogP contribution in [0.3, 0.4) is 0 Å². The molecule has 0 N–H and O–H groups in total. The molecule has 0 fully saturated rings. The van der Waals surface area contributed by atoms with E-state index in [0.717, 1.165) is 19.3 Å². The molecule has 3 heteroatoms. The van der Waals surface area contributed by atoms with Gasteiger partial charge in [-0.15, -0.1) is 0 Å². The second kappa shape index (κ2) is 10.6. The van der Waals surface area contributed by atoms with Crippen molar-refractivity contribution in [1.82, 2.24) is 0 Å². The lowest BCUT2D eigenvalue weighted by Crippen LogP contribution is -2.18. The SMILES string of the molecule is CCCCCC(CC(=O)OCCC(C)C)OC. The van der Waals surface area contributed by atoms with Crippen molar-refractivity contribution in [2.75, 3.05) is 13.7 Å². The summed E-state index contributed by atoms with van der Waals surface area (Å²) >= 11 is 0. The third-order valence-corrected chi connectivity index (χ3v) is 2.82. The molecule has 0 rings (SSSR count). The Hall–Kier alpha value is -0.570.